The van der Waals surface area contributed by atoms with E-state index in [-0.39, 0.29) is 5.56 Å². The molecule has 1 aliphatic heterocycles. The molecule has 0 radical (unpaired) electrons. The Kier molecular flexibility index (Phi) is 3.31. The van der Waals surface area contributed by atoms with Crippen molar-refractivity contribution in [1.29, 1.82) is 0 Å². The maximum absolute atomic E-state index is 13.4. The highest BCUT2D eigenvalue weighted by Crippen LogP contribution is 2.24. The number of carboxylic acids is 1. The van der Waals surface area contributed by atoms with E-state index in [2.05, 4.69) is 11.8 Å². The first kappa shape index (κ1) is 11.9. The molecule has 4 heteroatoms. The first-order valence-electron chi connectivity index (χ1n) is 5.85. The number of carboxylic acid groups (broad SMARTS) is 1. The summed E-state index contributed by atoms with van der Waals surface area (Å²) in [6, 6.07) is 4.01. The van der Waals surface area contributed by atoms with Gasteiger partial charge in [0.15, 0.2) is 0 Å². The van der Waals surface area contributed by atoms with E-state index in [1.165, 1.54) is 12.5 Å². The first-order chi connectivity index (χ1) is 8.06. The van der Waals surface area contributed by atoms with Crippen LogP contribution in [0.15, 0.2) is 18.2 Å². The van der Waals surface area contributed by atoms with Gasteiger partial charge in [-0.3, -0.25) is 0 Å². The van der Waals surface area contributed by atoms with Crippen LogP contribution in [-0.4, -0.2) is 24.2 Å². The molecule has 1 aliphatic rings. The average molecular weight is 237 g/mol. The Bertz CT molecular complexity index is 433. The lowest BCUT2D eigenvalue weighted by atomic mass is 9.99. The number of hydrogen-bond donors (Lipinski definition) is 1. The second kappa shape index (κ2) is 4.73. The number of benzene rings is 1. The van der Waals surface area contributed by atoms with E-state index in [0.717, 1.165) is 25.6 Å². The van der Waals surface area contributed by atoms with Crippen LogP contribution in [0.25, 0.3) is 0 Å². The number of nitrogens with zero attached hydrogens (tertiary/aromatic N) is 1. The molecule has 0 aromatic heterocycles. The molecule has 1 unspecified atom stereocenters. The van der Waals surface area contributed by atoms with E-state index in [4.69, 9.17) is 5.11 Å². The van der Waals surface area contributed by atoms with Crippen molar-refractivity contribution in [3.8, 4) is 0 Å². The van der Waals surface area contributed by atoms with Crippen LogP contribution in [0.5, 0.6) is 0 Å². The van der Waals surface area contributed by atoms with Crippen LogP contribution < -0.4 is 4.90 Å². The summed E-state index contributed by atoms with van der Waals surface area (Å²) < 4.78 is 13.4. The molecule has 0 bridgehead atoms. The van der Waals surface area contributed by atoms with Crippen molar-refractivity contribution in [2.75, 3.05) is 18.0 Å². The monoisotopic (exact) mass is 237 g/mol. The molecule has 1 atom stereocenters. The van der Waals surface area contributed by atoms with E-state index < -0.39 is 11.8 Å². The molecular formula is C13H16FNO2. The van der Waals surface area contributed by atoms with E-state index in [1.54, 1.807) is 6.07 Å². The SMILES string of the molecule is CC1CCCN(c2cc(F)cc(C(=O)O)c2)C1. The van der Waals surface area contributed by atoms with Crippen molar-refractivity contribution in [1.82, 2.24) is 0 Å². The van der Waals surface area contributed by atoms with Gasteiger partial charge in [0.25, 0.3) is 0 Å². The molecule has 1 aromatic rings. The summed E-state index contributed by atoms with van der Waals surface area (Å²) >= 11 is 0. The fourth-order valence-corrected chi connectivity index (χ4v) is 2.30. The third-order valence-electron chi connectivity index (χ3n) is 3.15. The second-order valence-corrected chi connectivity index (χ2v) is 4.70. The van der Waals surface area contributed by atoms with Crippen molar-refractivity contribution < 1.29 is 14.3 Å². The van der Waals surface area contributed by atoms with Crippen LogP contribution in [0.4, 0.5) is 10.1 Å². The average Bonchev–Trinajstić information content (AvgIpc) is 2.28. The number of rotatable bonds is 2. The van der Waals surface area contributed by atoms with Gasteiger partial charge in [-0.15, -0.1) is 0 Å². The Balaban J connectivity index is 2.28. The number of anilines is 1. The van der Waals surface area contributed by atoms with Gasteiger partial charge in [-0.1, -0.05) is 6.92 Å². The van der Waals surface area contributed by atoms with E-state index >= 15 is 0 Å². The fourth-order valence-electron chi connectivity index (χ4n) is 2.30. The minimum Gasteiger partial charge on any atom is -0.478 e. The van der Waals surface area contributed by atoms with Crippen LogP contribution in [0.1, 0.15) is 30.1 Å². The van der Waals surface area contributed by atoms with Crippen LogP contribution in [0, 0.1) is 11.7 Å². The van der Waals surface area contributed by atoms with Gasteiger partial charge in [-0.25, -0.2) is 9.18 Å². The minimum atomic E-state index is -1.09. The molecule has 0 spiro atoms. The molecule has 1 heterocycles. The maximum atomic E-state index is 13.4. The van der Waals surface area contributed by atoms with E-state index in [1.807, 2.05) is 0 Å². The predicted molar refractivity (Wildman–Crippen MR) is 64.0 cm³/mol. The Morgan fingerprint density at radius 1 is 1.47 bits per heavy atom. The fraction of sp³-hybridized carbons (Fsp3) is 0.462. The zero-order chi connectivity index (χ0) is 12.4. The summed E-state index contributed by atoms with van der Waals surface area (Å²) in [6.45, 7) is 3.89. The van der Waals surface area contributed by atoms with Gasteiger partial charge in [-0.05, 0) is 37.0 Å². The molecule has 1 N–H and O–H groups in total. The number of hydrogen-bond acceptors (Lipinski definition) is 2. The number of carbonyl (C=O) groups is 1. The van der Waals surface area contributed by atoms with Crippen LogP contribution >= 0.6 is 0 Å². The molecule has 0 amide bonds. The number of piperidine rings is 1. The van der Waals surface area contributed by atoms with Crippen molar-refractivity contribution in [2.45, 2.75) is 19.8 Å². The highest BCUT2D eigenvalue weighted by atomic mass is 19.1. The Labute approximate surface area is 99.9 Å². The summed E-state index contributed by atoms with van der Waals surface area (Å²) in [4.78, 5) is 12.9. The van der Waals surface area contributed by atoms with Crippen molar-refractivity contribution in [3.05, 3.63) is 29.6 Å². The van der Waals surface area contributed by atoms with Crippen LogP contribution in [0.3, 0.4) is 0 Å². The standard InChI is InChI=1S/C13H16FNO2/c1-9-3-2-4-15(8-9)12-6-10(13(16)17)5-11(14)7-12/h5-7,9H,2-4,8H2,1H3,(H,16,17). The van der Waals surface area contributed by atoms with Crippen molar-refractivity contribution in [3.63, 3.8) is 0 Å². The van der Waals surface area contributed by atoms with Gasteiger partial charge < -0.3 is 10.0 Å². The van der Waals surface area contributed by atoms with Gasteiger partial charge in [0.05, 0.1) is 5.56 Å². The van der Waals surface area contributed by atoms with Gasteiger partial charge in [0.1, 0.15) is 5.82 Å². The lowest BCUT2D eigenvalue weighted by molar-refractivity contribution is 0.0696. The second-order valence-electron chi connectivity index (χ2n) is 4.70. The minimum absolute atomic E-state index is 0.0122. The zero-order valence-corrected chi connectivity index (χ0v) is 9.82. The molecule has 1 aromatic carbocycles. The Hall–Kier alpha value is -1.58. The molecule has 1 saturated heterocycles. The number of halogens is 1. The van der Waals surface area contributed by atoms with Crippen LogP contribution in [-0.2, 0) is 0 Å². The third-order valence-corrected chi connectivity index (χ3v) is 3.15. The van der Waals surface area contributed by atoms with Gasteiger partial charge in [-0.2, -0.15) is 0 Å². The maximum Gasteiger partial charge on any atom is 0.335 e. The summed E-state index contributed by atoms with van der Waals surface area (Å²) in [5.74, 6) is -1.01. The van der Waals surface area contributed by atoms with Crippen molar-refractivity contribution in [2.24, 2.45) is 5.92 Å². The zero-order valence-electron chi connectivity index (χ0n) is 9.82. The van der Waals surface area contributed by atoms with Crippen LogP contribution in [0.2, 0.25) is 0 Å². The smallest absolute Gasteiger partial charge is 0.335 e. The molecule has 92 valence electrons. The molecule has 3 nitrogen and oxygen atoms in total. The lowest BCUT2D eigenvalue weighted by Gasteiger charge is -2.33. The topological polar surface area (TPSA) is 40.5 Å². The van der Waals surface area contributed by atoms with Gasteiger partial charge in [0, 0.05) is 18.8 Å². The van der Waals surface area contributed by atoms with E-state index in [9.17, 15) is 9.18 Å². The normalized spacial score (nSPS) is 20.4. The Morgan fingerprint density at radius 3 is 2.88 bits per heavy atom. The number of aromatic carboxylic acids is 1. The Morgan fingerprint density at radius 2 is 2.24 bits per heavy atom. The van der Waals surface area contributed by atoms with Gasteiger partial charge in [0.2, 0.25) is 0 Å². The van der Waals surface area contributed by atoms with Crippen molar-refractivity contribution >= 4 is 11.7 Å². The summed E-state index contributed by atoms with van der Waals surface area (Å²) in [7, 11) is 0. The first-order valence-corrected chi connectivity index (χ1v) is 5.85. The van der Waals surface area contributed by atoms with Gasteiger partial charge >= 0.3 is 5.97 Å². The highest BCUT2D eigenvalue weighted by molar-refractivity contribution is 5.88. The molecule has 1 fully saturated rings. The predicted octanol–water partition coefficient (Wildman–Crippen LogP) is 2.76. The highest BCUT2D eigenvalue weighted by Gasteiger charge is 2.18. The summed E-state index contributed by atoms with van der Waals surface area (Å²) in [5, 5.41) is 8.90. The molecule has 17 heavy (non-hydrogen) atoms. The molecular weight excluding hydrogens is 221 g/mol. The molecule has 2 rings (SSSR count). The largest absolute Gasteiger partial charge is 0.478 e. The lowest BCUT2D eigenvalue weighted by Crippen LogP contribution is -2.34. The quantitative estimate of drug-likeness (QED) is 0.859. The van der Waals surface area contributed by atoms with E-state index in [0.29, 0.717) is 11.6 Å². The summed E-state index contributed by atoms with van der Waals surface area (Å²) in [6.07, 6.45) is 2.25. The summed E-state index contributed by atoms with van der Waals surface area (Å²) in [5.41, 5.74) is 0.687. The molecule has 0 aliphatic carbocycles. The molecule has 0 saturated carbocycles. The third kappa shape index (κ3) is 2.75.